The molecule has 0 atom stereocenters. The van der Waals surface area contributed by atoms with Crippen molar-refractivity contribution < 1.29 is 12.8 Å². The number of aromatic amines is 1. The number of aromatic nitrogens is 1. The molecule has 0 bridgehead atoms. The first kappa shape index (κ1) is 16.5. The molecule has 0 amide bonds. The number of rotatable bonds is 7. The Morgan fingerprint density at radius 3 is 2.58 bits per heavy atom. The van der Waals surface area contributed by atoms with Gasteiger partial charge in [0.15, 0.2) is 5.58 Å². The van der Waals surface area contributed by atoms with Gasteiger partial charge < -0.3 is 4.42 Å². The zero-order valence-corrected chi connectivity index (χ0v) is 13.8. The Bertz CT molecular complexity index is 974. The third kappa shape index (κ3) is 4.33. The van der Waals surface area contributed by atoms with E-state index in [1.807, 2.05) is 36.4 Å². The lowest BCUT2D eigenvalue weighted by Gasteiger charge is -2.07. The Hall–Kier alpha value is -2.38. The summed E-state index contributed by atoms with van der Waals surface area (Å²) in [5.74, 6) is -0.436. The monoisotopic (exact) mass is 346 g/mol. The van der Waals surface area contributed by atoms with Crippen LogP contribution in [0, 0.1) is 0 Å². The standard InChI is InChI=1S/C17H18N2O4S/c20-17-19-15-12-14(6-7-16(15)23-17)8-10-18-24(21,22)11-9-13-4-2-1-3-5-13/h1-7,12,18H,8-11H2,(H,19,20). The van der Waals surface area contributed by atoms with E-state index in [0.29, 0.717) is 30.5 Å². The van der Waals surface area contributed by atoms with E-state index >= 15 is 0 Å². The average molecular weight is 346 g/mol. The van der Waals surface area contributed by atoms with Gasteiger partial charge in [-0.2, -0.15) is 0 Å². The predicted octanol–water partition coefficient (Wildman–Crippen LogP) is 1.83. The molecule has 0 unspecified atom stereocenters. The van der Waals surface area contributed by atoms with Crippen LogP contribution in [0.1, 0.15) is 11.1 Å². The van der Waals surface area contributed by atoms with E-state index in [-0.39, 0.29) is 5.75 Å². The Balaban J connectivity index is 1.53. The van der Waals surface area contributed by atoms with Gasteiger partial charge in [-0.25, -0.2) is 17.9 Å². The molecule has 2 N–H and O–H groups in total. The van der Waals surface area contributed by atoms with Crippen molar-refractivity contribution in [2.75, 3.05) is 12.3 Å². The summed E-state index contributed by atoms with van der Waals surface area (Å²) in [6, 6.07) is 14.8. The van der Waals surface area contributed by atoms with E-state index in [9.17, 15) is 13.2 Å². The van der Waals surface area contributed by atoms with Crippen molar-refractivity contribution in [3.05, 3.63) is 70.2 Å². The van der Waals surface area contributed by atoms with Crippen molar-refractivity contribution in [1.29, 1.82) is 0 Å². The molecule has 7 heteroatoms. The van der Waals surface area contributed by atoms with Gasteiger partial charge in [0.1, 0.15) is 0 Å². The number of hydrogen-bond donors (Lipinski definition) is 2. The Morgan fingerprint density at radius 1 is 1.00 bits per heavy atom. The number of fused-ring (bicyclic) bond motifs is 1. The van der Waals surface area contributed by atoms with Crippen LogP contribution < -0.4 is 10.5 Å². The summed E-state index contributed by atoms with van der Waals surface area (Å²) >= 11 is 0. The molecule has 0 spiro atoms. The van der Waals surface area contributed by atoms with E-state index in [1.165, 1.54) is 0 Å². The van der Waals surface area contributed by atoms with Crippen LogP contribution in [0.5, 0.6) is 0 Å². The summed E-state index contributed by atoms with van der Waals surface area (Å²) in [6.45, 7) is 0.310. The molecular formula is C17H18N2O4S. The third-order valence-electron chi connectivity index (χ3n) is 3.72. The lowest BCUT2D eigenvalue weighted by Crippen LogP contribution is -2.29. The fraction of sp³-hybridized carbons (Fsp3) is 0.235. The summed E-state index contributed by atoms with van der Waals surface area (Å²) in [4.78, 5) is 13.7. The molecule has 6 nitrogen and oxygen atoms in total. The molecule has 0 radical (unpaired) electrons. The quantitative estimate of drug-likeness (QED) is 0.683. The van der Waals surface area contributed by atoms with Gasteiger partial charge in [-0.3, -0.25) is 4.98 Å². The summed E-state index contributed by atoms with van der Waals surface area (Å²) in [5.41, 5.74) is 3.03. The van der Waals surface area contributed by atoms with Gasteiger partial charge in [0.25, 0.3) is 0 Å². The highest BCUT2D eigenvalue weighted by atomic mass is 32.2. The molecule has 0 aliphatic rings. The number of oxazole rings is 1. The molecule has 0 saturated heterocycles. The van der Waals surface area contributed by atoms with Crippen LogP contribution in [0.3, 0.4) is 0 Å². The van der Waals surface area contributed by atoms with Gasteiger partial charge in [0.2, 0.25) is 10.0 Å². The molecule has 0 saturated carbocycles. The summed E-state index contributed by atoms with van der Waals surface area (Å²) in [5, 5.41) is 0. The van der Waals surface area contributed by atoms with E-state index in [0.717, 1.165) is 11.1 Å². The highest BCUT2D eigenvalue weighted by molar-refractivity contribution is 7.89. The van der Waals surface area contributed by atoms with E-state index in [4.69, 9.17) is 4.42 Å². The van der Waals surface area contributed by atoms with Gasteiger partial charge in [-0.1, -0.05) is 36.4 Å². The first-order valence-corrected chi connectivity index (χ1v) is 9.30. The maximum atomic E-state index is 12.0. The van der Waals surface area contributed by atoms with Crippen LogP contribution in [0.25, 0.3) is 11.1 Å². The molecule has 1 aromatic heterocycles. The van der Waals surface area contributed by atoms with Gasteiger partial charge >= 0.3 is 5.76 Å². The highest BCUT2D eigenvalue weighted by Gasteiger charge is 2.10. The summed E-state index contributed by atoms with van der Waals surface area (Å²) in [7, 11) is -3.31. The van der Waals surface area contributed by atoms with Gasteiger partial charge in [-0.05, 0) is 36.1 Å². The fourth-order valence-corrected chi connectivity index (χ4v) is 3.54. The molecule has 0 fully saturated rings. The molecule has 3 aromatic rings. The van der Waals surface area contributed by atoms with E-state index in [2.05, 4.69) is 9.71 Å². The smallest absolute Gasteiger partial charge is 0.408 e. The summed E-state index contributed by atoms with van der Waals surface area (Å²) in [6.07, 6.45) is 1.02. The highest BCUT2D eigenvalue weighted by Crippen LogP contribution is 2.12. The van der Waals surface area contributed by atoms with Crippen molar-refractivity contribution in [2.24, 2.45) is 0 Å². The van der Waals surface area contributed by atoms with Crippen molar-refractivity contribution >= 4 is 21.1 Å². The number of H-pyrrole nitrogens is 1. The van der Waals surface area contributed by atoms with Crippen LogP contribution >= 0.6 is 0 Å². The zero-order chi connectivity index (χ0) is 17.0. The minimum absolute atomic E-state index is 0.0606. The Morgan fingerprint density at radius 2 is 1.79 bits per heavy atom. The summed E-state index contributed by atoms with van der Waals surface area (Å²) < 4.78 is 31.6. The first-order chi connectivity index (χ1) is 11.5. The lowest BCUT2D eigenvalue weighted by atomic mass is 10.1. The molecule has 0 aliphatic carbocycles. The Kier molecular flexibility index (Phi) is 4.82. The van der Waals surface area contributed by atoms with Gasteiger partial charge in [-0.15, -0.1) is 0 Å². The average Bonchev–Trinajstić information content (AvgIpc) is 2.93. The number of nitrogens with one attached hydrogen (secondary N) is 2. The second-order valence-electron chi connectivity index (χ2n) is 5.54. The largest absolute Gasteiger partial charge is 0.417 e. The van der Waals surface area contributed by atoms with E-state index in [1.54, 1.807) is 12.1 Å². The van der Waals surface area contributed by atoms with Crippen molar-refractivity contribution in [1.82, 2.24) is 9.71 Å². The van der Waals surface area contributed by atoms with Crippen LogP contribution in [-0.2, 0) is 22.9 Å². The minimum atomic E-state index is -3.31. The molecule has 24 heavy (non-hydrogen) atoms. The van der Waals surface area contributed by atoms with Crippen LogP contribution in [-0.4, -0.2) is 25.7 Å². The molecule has 0 aliphatic heterocycles. The predicted molar refractivity (Wildman–Crippen MR) is 92.5 cm³/mol. The van der Waals surface area contributed by atoms with Crippen molar-refractivity contribution in [3.63, 3.8) is 0 Å². The molecule has 2 aromatic carbocycles. The lowest BCUT2D eigenvalue weighted by molar-refractivity contribution is 0.555. The van der Waals surface area contributed by atoms with Gasteiger partial charge in [0.05, 0.1) is 11.3 Å². The van der Waals surface area contributed by atoms with Crippen LogP contribution in [0.15, 0.2) is 57.7 Å². The Labute approximate surface area is 139 Å². The number of hydrogen-bond acceptors (Lipinski definition) is 4. The number of benzene rings is 2. The molecule has 1 heterocycles. The second-order valence-corrected chi connectivity index (χ2v) is 7.47. The van der Waals surface area contributed by atoms with Crippen LogP contribution in [0.4, 0.5) is 0 Å². The minimum Gasteiger partial charge on any atom is -0.408 e. The van der Waals surface area contributed by atoms with Crippen LogP contribution in [0.2, 0.25) is 0 Å². The second kappa shape index (κ2) is 7.02. The maximum Gasteiger partial charge on any atom is 0.417 e. The van der Waals surface area contributed by atoms with E-state index < -0.39 is 15.8 Å². The molecule has 126 valence electrons. The van der Waals surface area contributed by atoms with Crippen molar-refractivity contribution in [3.8, 4) is 0 Å². The van der Waals surface area contributed by atoms with Crippen molar-refractivity contribution in [2.45, 2.75) is 12.8 Å². The fourth-order valence-electron chi connectivity index (χ4n) is 2.47. The molecular weight excluding hydrogens is 328 g/mol. The molecule has 3 rings (SSSR count). The first-order valence-electron chi connectivity index (χ1n) is 7.65. The third-order valence-corrected chi connectivity index (χ3v) is 5.11. The topological polar surface area (TPSA) is 92.2 Å². The van der Waals surface area contributed by atoms with Gasteiger partial charge in [0, 0.05) is 6.54 Å². The number of aryl methyl sites for hydroxylation is 1. The normalized spacial score (nSPS) is 11.8. The zero-order valence-electron chi connectivity index (χ0n) is 13.0. The maximum absolute atomic E-state index is 12.0. The SMILES string of the molecule is O=c1[nH]c2cc(CCNS(=O)(=O)CCc3ccccc3)ccc2o1. The number of sulfonamides is 1.